The molecular formula is C23H22N4O7. The van der Waals surface area contributed by atoms with Gasteiger partial charge in [0.1, 0.15) is 5.56 Å². The number of rotatable bonds is 6. The molecule has 0 N–H and O–H groups in total. The van der Waals surface area contributed by atoms with Crippen molar-refractivity contribution in [1.82, 2.24) is 10.0 Å². The number of benzene rings is 2. The number of nitro benzene ring substituents is 2. The van der Waals surface area contributed by atoms with E-state index in [4.69, 9.17) is 0 Å². The Morgan fingerprint density at radius 3 is 2.26 bits per heavy atom. The summed E-state index contributed by atoms with van der Waals surface area (Å²) in [6.45, 7) is 1.74. The van der Waals surface area contributed by atoms with Gasteiger partial charge in [-0.25, -0.2) is 5.01 Å². The van der Waals surface area contributed by atoms with Crippen molar-refractivity contribution >= 4 is 29.1 Å². The zero-order valence-corrected chi connectivity index (χ0v) is 18.3. The molecule has 1 aliphatic heterocycles. The molecule has 1 saturated heterocycles. The van der Waals surface area contributed by atoms with Crippen molar-refractivity contribution in [1.29, 1.82) is 0 Å². The standard InChI is InChI=1S/C23H22N4O7/c1-14-6-11-17-19(12-14)23(30)25(22(17)29)24(13-15-7-9-16(10-8-15)26(31)32)21(28)18-4-2-3-5-20(18)27(33)34/h2-5,7-10,14,17,19H,6,11-13H2,1H3/t14-,17-,19+/m1/s1. The SMILES string of the molecule is C[C@@H]1CC[C@H]2C(=O)N(N(Cc3ccc([N+](=O)[O-])cc3)C(=O)c3ccccc3[N+](=O)[O-])C(=O)[C@H]2C1. The van der Waals surface area contributed by atoms with E-state index in [1.165, 1.54) is 48.5 Å². The normalized spacial score (nSPS) is 21.8. The Hall–Kier alpha value is -4.15. The highest BCUT2D eigenvalue weighted by Crippen LogP contribution is 2.41. The van der Waals surface area contributed by atoms with Crippen molar-refractivity contribution in [2.24, 2.45) is 17.8 Å². The van der Waals surface area contributed by atoms with Crippen LogP contribution in [0.1, 0.15) is 42.1 Å². The minimum Gasteiger partial charge on any atom is -0.272 e. The second kappa shape index (κ2) is 9.00. The summed E-state index contributed by atoms with van der Waals surface area (Å²) in [6.07, 6.45) is 1.84. The van der Waals surface area contributed by atoms with Gasteiger partial charge in [0.2, 0.25) is 0 Å². The maximum absolute atomic E-state index is 13.6. The van der Waals surface area contributed by atoms with E-state index < -0.39 is 45.1 Å². The lowest BCUT2D eigenvalue weighted by molar-refractivity contribution is -0.385. The van der Waals surface area contributed by atoms with Gasteiger partial charge in [-0.15, -0.1) is 0 Å². The van der Waals surface area contributed by atoms with E-state index >= 15 is 0 Å². The number of hydrogen-bond acceptors (Lipinski definition) is 7. The van der Waals surface area contributed by atoms with Gasteiger partial charge in [0.25, 0.3) is 29.1 Å². The second-order valence-corrected chi connectivity index (χ2v) is 8.68. The van der Waals surface area contributed by atoms with Crippen LogP contribution in [0.2, 0.25) is 0 Å². The Balaban J connectivity index is 1.75. The molecule has 0 spiro atoms. The molecule has 0 aromatic heterocycles. The fourth-order valence-corrected chi connectivity index (χ4v) is 4.69. The molecule has 0 radical (unpaired) electrons. The molecule has 34 heavy (non-hydrogen) atoms. The highest BCUT2D eigenvalue weighted by atomic mass is 16.6. The van der Waals surface area contributed by atoms with E-state index in [1.54, 1.807) is 0 Å². The van der Waals surface area contributed by atoms with Crippen molar-refractivity contribution in [3.63, 3.8) is 0 Å². The smallest absolute Gasteiger partial charge is 0.272 e. The Kier molecular flexibility index (Phi) is 6.10. The number of para-hydroxylation sites is 1. The Labute approximate surface area is 194 Å². The van der Waals surface area contributed by atoms with Crippen LogP contribution >= 0.6 is 0 Å². The summed E-state index contributed by atoms with van der Waals surface area (Å²) < 4.78 is 0. The van der Waals surface area contributed by atoms with Gasteiger partial charge in [-0.3, -0.25) is 34.6 Å². The number of imide groups is 1. The lowest BCUT2D eigenvalue weighted by Gasteiger charge is -2.30. The number of nitrogens with zero attached hydrogens (tertiary/aromatic N) is 4. The van der Waals surface area contributed by atoms with E-state index in [1.807, 2.05) is 6.92 Å². The molecule has 3 atom stereocenters. The summed E-state index contributed by atoms with van der Waals surface area (Å²) in [5.74, 6) is -2.71. The highest BCUT2D eigenvalue weighted by molar-refractivity contribution is 6.08. The largest absolute Gasteiger partial charge is 0.282 e. The number of non-ortho nitro benzene ring substituents is 1. The third-order valence-electron chi connectivity index (χ3n) is 6.45. The van der Waals surface area contributed by atoms with Gasteiger partial charge < -0.3 is 0 Å². The molecule has 2 fully saturated rings. The number of amides is 3. The molecule has 176 valence electrons. The zero-order valence-electron chi connectivity index (χ0n) is 18.3. The average Bonchev–Trinajstić information content (AvgIpc) is 3.06. The maximum Gasteiger partial charge on any atom is 0.282 e. The summed E-state index contributed by atoms with van der Waals surface area (Å²) in [6, 6.07) is 10.6. The van der Waals surface area contributed by atoms with E-state index in [0.717, 1.165) is 16.4 Å². The number of hydrazine groups is 1. The molecule has 4 rings (SSSR count). The van der Waals surface area contributed by atoms with E-state index in [9.17, 15) is 34.6 Å². The van der Waals surface area contributed by atoms with Crippen LogP contribution in [-0.4, -0.2) is 37.6 Å². The molecule has 3 amide bonds. The number of nitro groups is 2. The quantitative estimate of drug-likeness (QED) is 0.360. The van der Waals surface area contributed by atoms with Gasteiger partial charge in [0, 0.05) is 18.2 Å². The third kappa shape index (κ3) is 4.12. The minimum absolute atomic E-state index is 0.159. The minimum atomic E-state index is -0.876. The fraction of sp³-hybridized carbons (Fsp3) is 0.348. The van der Waals surface area contributed by atoms with Crippen molar-refractivity contribution in [3.8, 4) is 0 Å². The predicted octanol–water partition coefficient (Wildman–Crippen LogP) is 3.48. The summed E-state index contributed by atoms with van der Waals surface area (Å²) in [5.41, 5.74) is -0.459. The van der Waals surface area contributed by atoms with E-state index in [2.05, 4.69) is 0 Å². The third-order valence-corrected chi connectivity index (χ3v) is 6.45. The lowest BCUT2D eigenvalue weighted by Crippen LogP contribution is -2.50. The predicted molar refractivity (Wildman–Crippen MR) is 118 cm³/mol. The van der Waals surface area contributed by atoms with Crippen LogP contribution < -0.4 is 0 Å². The first-order valence-electron chi connectivity index (χ1n) is 10.9. The molecule has 0 unspecified atom stereocenters. The first-order chi connectivity index (χ1) is 16.2. The van der Waals surface area contributed by atoms with Crippen molar-refractivity contribution < 1.29 is 24.2 Å². The Bertz CT molecular complexity index is 1180. The zero-order chi connectivity index (χ0) is 24.6. The molecule has 1 heterocycles. The molecule has 2 aromatic rings. The van der Waals surface area contributed by atoms with E-state index in [0.29, 0.717) is 18.4 Å². The average molecular weight is 466 g/mol. The monoisotopic (exact) mass is 466 g/mol. The number of hydrogen-bond donors (Lipinski definition) is 0. The van der Waals surface area contributed by atoms with Gasteiger partial charge in [0.05, 0.1) is 28.2 Å². The lowest BCUT2D eigenvalue weighted by atomic mass is 9.76. The molecule has 0 bridgehead atoms. The van der Waals surface area contributed by atoms with Gasteiger partial charge in [0.15, 0.2) is 0 Å². The van der Waals surface area contributed by atoms with Crippen LogP contribution in [0.5, 0.6) is 0 Å². The Morgan fingerprint density at radius 1 is 0.971 bits per heavy atom. The van der Waals surface area contributed by atoms with Crippen LogP contribution in [-0.2, 0) is 16.1 Å². The molecular weight excluding hydrogens is 444 g/mol. The second-order valence-electron chi connectivity index (χ2n) is 8.68. The first kappa shape index (κ1) is 23.0. The number of carbonyl (C=O) groups excluding carboxylic acids is 3. The first-order valence-corrected chi connectivity index (χ1v) is 10.9. The Morgan fingerprint density at radius 2 is 1.62 bits per heavy atom. The molecule has 1 aliphatic carbocycles. The maximum atomic E-state index is 13.6. The van der Waals surface area contributed by atoms with Gasteiger partial charge in [-0.05, 0) is 36.8 Å². The molecule has 2 aliphatic rings. The van der Waals surface area contributed by atoms with Crippen LogP contribution in [0.4, 0.5) is 11.4 Å². The summed E-state index contributed by atoms with van der Waals surface area (Å²) in [5, 5.41) is 24.3. The van der Waals surface area contributed by atoms with Crippen LogP contribution in [0, 0.1) is 38.0 Å². The number of fused-ring (bicyclic) bond motifs is 1. The van der Waals surface area contributed by atoms with Crippen LogP contribution in [0.15, 0.2) is 48.5 Å². The van der Waals surface area contributed by atoms with Crippen LogP contribution in [0.3, 0.4) is 0 Å². The number of carbonyl (C=O) groups is 3. The van der Waals surface area contributed by atoms with Gasteiger partial charge in [-0.2, -0.15) is 5.01 Å². The molecule has 11 nitrogen and oxygen atoms in total. The van der Waals surface area contributed by atoms with Crippen molar-refractivity contribution in [3.05, 3.63) is 79.9 Å². The summed E-state index contributed by atoms with van der Waals surface area (Å²) in [7, 11) is 0. The molecule has 11 heteroatoms. The summed E-state index contributed by atoms with van der Waals surface area (Å²) >= 11 is 0. The van der Waals surface area contributed by atoms with Gasteiger partial charge in [-0.1, -0.05) is 31.2 Å². The highest BCUT2D eigenvalue weighted by Gasteiger charge is 2.52. The fourth-order valence-electron chi connectivity index (χ4n) is 4.69. The van der Waals surface area contributed by atoms with Gasteiger partial charge >= 0.3 is 0 Å². The molecule has 2 aromatic carbocycles. The topological polar surface area (TPSA) is 144 Å². The molecule has 1 saturated carbocycles. The van der Waals surface area contributed by atoms with Crippen LogP contribution in [0.25, 0.3) is 0 Å². The van der Waals surface area contributed by atoms with E-state index in [-0.39, 0.29) is 23.7 Å². The summed E-state index contributed by atoms with van der Waals surface area (Å²) in [4.78, 5) is 61.4. The van der Waals surface area contributed by atoms with Crippen molar-refractivity contribution in [2.45, 2.75) is 32.7 Å². The van der Waals surface area contributed by atoms with Crippen molar-refractivity contribution in [2.75, 3.05) is 0 Å².